The highest BCUT2D eigenvalue weighted by molar-refractivity contribution is 5.24. The zero-order chi connectivity index (χ0) is 14.1. The van der Waals surface area contributed by atoms with E-state index in [-0.39, 0.29) is 6.04 Å². The van der Waals surface area contributed by atoms with Gasteiger partial charge in [-0.2, -0.15) is 0 Å². The molecule has 1 unspecified atom stereocenters. The first kappa shape index (κ1) is 16.1. The number of benzene rings is 1. The Bertz CT molecular complexity index is 333. The lowest BCUT2D eigenvalue weighted by molar-refractivity contribution is 0.0891. The Balaban J connectivity index is 2.78. The summed E-state index contributed by atoms with van der Waals surface area (Å²) < 4.78 is 10.4. The van der Waals surface area contributed by atoms with Crippen LogP contribution < -0.4 is 5.73 Å². The molecule has 1 rings (SSSR count). The van der Waals surface area contributed by atoms with E-state index in [4.69, 9.17) is 15.2 Å². The predicted molar refractivity (Wildman–Crippen MR) is 78.3 cm³/mol. The second-order valence-electron chi connectivity index (χ2n) is 4.68. The predicted octanol–water partition coefficient (Wildman–Crippen LogP) is 1.59. The molecule has 0 aliphatic heterocycles. The van der Waals surface area contributed by atoms with Crippen molar-refractivity contribution in [2.75, 3.05) is 47.1 Å². The van der Waals surface area contributed by atoms with Crippen molar-refractivity contribution in [3.63, 3.8) is 0 Å². The zero-order valence-corrected chi connectivity index (χ0v) is 12.3. The van der Waals surface area contributed by atoms with Crippen LogP contribution in [0.4, 0.5) is 0 Å². The lowest BCUT2D eigenvalue weighted by atomic mass is 10.0. The Hall–Kier alpha value is -0.940. The largest absolute Gasteiger partial charge is 0.383 e. The first-order chi connectivity index (χ1) is 9.22. The van der Waals surface area contributed by atoms with Gasteiger partial charge in [0.1, 0.15) is 0 Å². The second-order valence-corrected chi connectivity index (χ2v) is 4.68. The second kappa shape index (κ2) is 9.04. The summed E-state index contributed by atoms with van der Waals surface area (Å²) >= 11 is 0. The third-order valence-electron chi connectivity index (χ3n) is 3.29. The number of aryl methyl sites for hydroxylation is 1. The van der Waals surface area contributed by atoms with Crippen LogP contribution in [0.5, 0.6) is 0 Å². The standard InChI is InChI=1S/C15H26N2O2/c1-13-4-6-14(7-5-13)15(12-16)17(8-10-18-2)9-11-19-3/h4-7,15H,8-12,16H2,1-3H3. The molecule has 0 saturated carbocycles. The summed E-state index contributed by atoms with van der Waals surface area (Å²) in [5, 5.41) is 0. The van der Waals surface area contributed by atoms with Gasteiger partial charge in [0.25, 0.3) is 0 Å². The van der Waals surface area contributed by atoms with Crippen molar-refractivity contribution >= 4 is 0 Å². The van der Waals surface area contributed by atoms with E-state index < -0.39 is 0 Å². The van der Waals surface area contributed by atoms with Gasteiger partial charge in [0.2, 0.25) is 0 Å². The molecule has 0 saturated heterocycles. The van der Waals surface area contributed by atoms with Crippen molar-refractivity contribution in [1.29, 1.82) is 0 Å². The molecule has 1 aromatic rings. The first-order valence-corrected chi connectivity index (χ1v) is 6.71. The topological polar surface area (TPSA) is 47.7 Å². The summed E-state index contributed by atoms with van der Waals surface area (Å²) in [5.41, 5.74) is 8.48. The molecule has 19 heavy (non-hydrogen) atoms. The molecular weight excluding hydrogens is 240 g/mol. The number of nitrogens with zero attached hydrogens (tertiary/aromatic N) is 1. The molecule has 1 aromatic carbocycles. The molecule has 0 heterocycles. The molecule has 0 aromatic heterocycles. The maximum atomic E-state index is 5.96. The van der Waals surface area contributed by atoms with Gasteiger partial charge in [-0.3, -0.25) is 4.90 Å². The molecule has 4 heteroatoms. The minimum absolute atomic E-state index is 0.214. The Kier molecular flexibility index (Phi) is 7.67. The highest BCUT2D eigenvalue weighted by atomic mass is 16.5. The van der Waals surface area contributed by atoms with E-state index in [9.17, 15) is 0 Å². The van der Waals surface area contributed by atoms with Gasteiger partial charge in [-0.15, -0.1) is 0 Å². The number of ether oxygens (including phenoxy) is 2. The van der Waals surface area contributed by atoms with Gasteiger partial charge in [-0.1, -0.05) is 29.8 Å². The molecule has 108 valence electrons. The van der Waals surface area contributed by atoms with E-state index in [1.54, 1.807) is 14.2 Å². The molecule has 4 nitrogen and oxygen atoms in total. The quantitative estimate of drug-likeness (QED) is 0.737. The van der Waals surface area contributed by atoms with Crippen LogP contribution in [-0.4, -0.2) is 52.0 Å². The fraction of sp³-hybridized carbons (Fsp3) is 0.600. The molecule has 0 aliphatic carbocycles. The van der Waals surface area contributed by atoms with E-state index in [0.29, 0.717) is 19.8 Å². The van der Waals surface area contributed by atoms with Gasteiger partial charge in [-0.05, 0) is 12.5 Å². The average Bonchev–Trinajstić information content (AvgIpc) is 2.43. The van der Waals surface area contributed by atoms with Crippen LogP contribution in [0.3, 0.4) is 0 Å². The van der Waals surface area contributed by atoms with Gasteiger partial charge < -0.3 is 15.2 Å². The number of rotatable bonds is 9. The van der Waals surface area contributed by atoms with E-state index in [0.717, 1.165) is 13.1 Å². The van der Waals surface area contributed by atoms with Gasteiger partial charge in [-0.25, -0.2) is 0 Å². The van der Waals surface area contributed by atoms with Crippen LogP contribution in [0.2, 0.25) is 0 Å². The zero-order valence-electron chi connectivity index (χ0n) is 12.3. The van der Waals surface area contributed by atoms with Gasteiger partial charge >= 0.3 is 0 Å². The van der Waals surface area contributed by atoms with Crippen molar-refractivity contribution in [2.45, 2.75) is 13.0 Å². The Morgan fingerprint density at radius 3 is 2.00 bits per heavy atom. The highest BCUT2D eigenvalue weighted by Crippen LogP contribution is 2.19. The molecule has 0 spiro atoms. The number of nitrogens with two attached hydrogens (primary N) is 1. The third-order valence-corrected chi connectivity index (χ3v) is 3.29. The molecule has 0 fully saturated rings. The monoisotopic (exact) mass is 266 g/mol. The summed E-state index contributed by atoms with van der Waals surface area (Å²) in [6, 6.07) is 8.77. The molecule has 0 amide bonds. The molecule has 0 aliphatic rings. The third kappa shape index (κ3) is 5.28. The average molecular weight is 266 g/mol. The molecule has 1 atom stereocenters. The smallest absolute Gasteiger partial charge is 0.0589 e. The van der Waals surface area contributed by atoms with Crippen LogP contribution in [-0.2, 0) is 9.47 Å². The summed E-state index contributed by atoms with van der Waals surface area (Å²) in [6.07, 6.45) is 0. The van der Waals surface area contributed by atoms with Crippen LogP contribution in [0.15, 0.2) is 24.3 Å². The maximum Gasteiger partial charge on any atom is 0.0589 e. The van der Waals surface area contributed by atoms with Crippen LogP contribution in [0.25, 0.3) is 0 Å². The normalized spacial score (nSPS) is 12.9. The van der Waals surface area contributed by atoms with Crippen LogP contribution >= 0.6 is 0 Å². The van der Waals surface area contributed by atoms with Crippen LogP contribution in [0.1, 0.15) is 17.2 Å². The van der Waals surface area contributed by atoms with Crippen molar-refractivity contribution in [3.8, 4) is 0 Å². The maximum absolute atomic E-state index is 5.96. The molecule has 0 bridgehead atoms. The Morgan fingerprint density at radius 1 is 1.05 bits per heavy atom. The van der Waals surface area contributed by atoms with E-state index in [1.807, 2.05) is 0 Å². The number of hydrogen-bond donors (Lipinski definition) is 1. The van der Waals surface area contributed by atoms with Crippen molar-refractivity contribution in [3.05, 3.63) is 35.4 Å². The molecule has 2 N–H and O–H groups in total. The summed E-state index contributed by atoms with van der Waals surface area (Å²) in [5.74, 6) is 0. The van der Waals surface area contributed by atoms with Gasteiger partial charge in [0.05, 0.1) is 13.2 Å². The lowest BCUT2D eigenvalue weighted by Gasteiger charge is -2.31. The van der Waals surface area contributed by atoms with Crippen molar-refractivity contribution in [1.82, 2.24) is 4.90 Å². The van der Waals surface area contributed by atoms with E-state index in [1.165, 1.54) is 11.1 Å². The fourth-order valence-electron chi connectivity index (χ4n) is 2.13. The van der Waals surface area contributed by atoms with Gasteiger partial charge in [0, 0.05) is 39.9 Å². The Morgan fingerprint density at radius 2 is 1.58 bits per heavy atom. The van der Waals surface area contributed by atoms with E-state index in [2.05, 4.69) is 36.1 Å². The highest BCUT2D eigenvalue weighted by Gasteiger charge is 2.18. The molecule has 0 radical (unpaired) electrons. The summed E-state index contributed by atoms with van der Waals surface area (Å²) in [4.78, 5) is 2.32. The van der Waals surface area contributed by atoms with Crippen LogP contribution in [0, 0.1) is 6.92 Å². The van der Waals surface area contributed by atoms with E-state index >= 15 is 0 Å². The minimum Gasteiger partial charge on any atom is -0.383 e. The van der Waals surface area contributed by atoms with Crippen molar-refractivity contribution < 1.29 is 9.47 Å². The Labute approximate surface area is 116 Å². The van der Waals surface area contributed by atoms with Gasteiger partial charge in [0.15, 0.2) is 0 Å². The SMILES string of the molecule is COCCN(CCOC)C(CN)c1ccc(C)cc1. The fourth-order valence-corrected chi connectivity index (χ4v) is 2.13. The number of hydrogen-bond acceptors (Lipinski definition) is 4. The lowest BCUT2D eigenvalue weighted by Crippen LogP contribution is -2.38. The first-order valence-electron chi connectivity index (χ1n) is 6.71. The summed E-state index contributed by atoms with van der Waals surface area (Å²) in [6.45, 7) is 5.80. The minimum atomic E-state index is 0.214. The number of methoxy groups -OCH3 is 2. The summed E-state index contributed by atoms with van der Waals surface area (Å²) in [7, 11) is 3.44. The van der Waals surface area contributed by atoms with Crippen molar-refractivity contribution in [2.24, 2.45) is 5.73 Å². The molecular formula is C15H26N2O2.